The first-order valence-corrected chi connectivity index (χ1v) is 8.01. The number of aromatic nitrogens is 1. The predicted molar refractivity (Wildman–Crippen MR) is 86.1 cm³/mol. The summed E-state index contributed by atoms with van der Waals surface area (Å²) in [5, 5.41) is 0. The highest BCUT2D eigenvalue weighted by atomic mass is 16.5. The third-order valence-corrected chi connectivity index (χ3v) is 4.58. The van der Waals surface area contributed by atoms with Crippen molar-refractivity contribution in [2.75, 3.05) is 30.8 Å². The summed E-state index contributed by atoms with van der Waals surface area (Å²) in [4.78, 5) is 32.0. The molecule has 1 aromatic rings. The lowest BCUT2D eigenvalue weighted by Gasteiger charge is -2.34. The molecule has 0 spiro atoms. The van der Waals surface area contributed by atoms with Gasteiger partial charge < -0.3 is 15.4 Å². The highest BCUT2D eigenvalue weighted by Crippen LogP contribution is 2.31. The summed E-state index contributed by atoms with van der Waals surface area (Å²) in [6, 6.07) is 3.55. The van der Waals surface area contributed by atoms with Crippen LogP contribution in [0.3, 0.4) is 0 Å². The van der Waals surface area contributed by atoms with Crippen molar-refractivity contribution in [2.24, 2.45) is 0 Å². The summed E-state index contributed by atoms with van der Waals surface area (Å²) in [5.41, 5.74) is 5.70. The largest absolute Gasteiger partial charge is 0.480 e. The van der Waals surface area contributed by atoms with Crippen LogP contribution in [0.4, 0.5) is 11.6 Å². The molecule has 7 heteroatoms. The Morgan fingerprint density at radius 3 is 2.87 bits per heavy atom. The van der Waals surface area contributed by atoms with Gasteiger partial charge in [-0.1, -0.05) is 19.3 Å². The van der Waals surface area contributed by atoms with Crippen molar-refractivity contribution < 1.29 is 14.3 Å². The SMILES string of the molecule is CN(C(=O)CN1C(=O)COc2ccc(N)nc21)C1CCCCC1. The Balaban J connectivity index is 1.75. The van der Waals surface area contributed by atoms with Crippen LogP contribution >= 0.6 is 0 Å². The molecule has 1 fully saturated rings. The minimum absolute atomic E-state index is 0.0291. The van der Waals surface area contributed by atoms with Gasteiger partial charge in [0.2, 0.25) is 5.91 Å². The molecule has 1 aliphatic carbocycles. The molecule has 2 heterocycles. The highest BCUT2D eigenvalue weighted by Gasteiger charge is 2.31. The zero-order chi connectivity index (χ0) is 16.4. The van der Waals surface area contributed by atoms with Gasteiger partial charge in [0, 0.05) is 13.1 Å². The normalized spacial score (nSPS) is 18.3. The van der Waals surface area contributed by atoms with E-state index in [4.69, 9.17) is 10.5 Å². The molecule has 23 heavy (non-hydrogen) atoms. The first-order valence-electron chi connectivity index (χ1n) is 8.01. The highest BCUT2D eigenvalue weighted by molar-refractivity contribution is 6.01. The van der Waals surface area contributed by atoms with Crippen molar-refractivity contribution >= 4 is 23.5 Å². The molecule has 0 radical (unpaired) electrons. The van der Waals surface area contributed by atoms with E-state index in [0.29, 0.717) is 17.4 Å². The van der Waals surface area contributed by atoms with Gasteiger partial charge in [0.05, 0.1) is 0 Å². The maximum atomic E-state index is 12.6. The Morgan fingerprint density at radius 1 is 1.39 bits per heavy atom. The quantitative estimate of drug-likeness (QED) is 0.904. The number of nitrogen functional groups attached to an aromatic ring is 1. The fourth-order valence-corrected chi connectivity index (χ4v) is 3.17. The maximum absolute atomic E-state index is 12.6. The van der Waals surface area contributed by atoms with Crippen LogP contribution < -0.4 is 15.4 Å². The predicted octanol–water partition coefficient (Wildman–Crippen LogP) is 1.18. The fourth-order valence-electron chi connectivity index (χ4n) is 3.17. The molecule has 0 bridgehead atoms. The number of rotatable bonds is 3. The van der Waals surface area contributed by atoms with Crippen LogP contribution in [0.2, 0.25) is 0 Å². The topological polar surface area (TPSA) is 88.8 Å². The molecule has 0 unspecified atom stereocenters. The monoisotopic (exact) mass is 318 g/mol. The third kappa shape index (κ3) is 3.23. The lowest BCUT2D eigenvalue weighted by Crippen LogP contribution is -2.48. The number of carbonyl (C=O) groups excluding carboxylic acids is 2. The number of nitrogens with two attached hydrogens (primary N) is 1. The van der Waals surface area contributed by atoms with Crippen molar-refractivity contribution in [3.63, 3.8) is 0 Å². The van der Waals surface area contributed by atoms with Crippen LogP contribution in [-0.2, 0) is 9.59 Å². The third-order valence-electron chi connectivity index (χ3n) is 4.58. The van der Waals surface area contributed by atoms with Gasteiger partial charge in [-0.3, -0.25) is 14.5 Å². The van der Waals surface area contributed by atoms with Gasteiger partial charge in [-0.05, 0) is 25.0 Å². The molecule has 2 aliphatic rings. The van der Waals surface area contributed by atoms with Crippen LogP contribution in [0.5, 0.6) is 5.75 Å². The molecule has 2 N–H and O–H groups in total. The van der Waals surface area contributed by atoms with Crippen molar-refractivity contribution in [3.8, 4) is 5.75 Å². The van der Waals surface area contributed by atoms with Crippen LogP contribution in [-0.4, -0.2) is 47.9 Å². The van der Waals surface area contributed by atoms with Crippen LogP contribution in [0.15, 0.2) is 12.1 Å². The van der Waals surface area contributed by atoms with Crippen molar-refractivity contribution in [1.82, 2.24) is 9.88 Å². The Morgan fingerprint density at radius 2 is 2.13 bits per heavy atom. The number of ether oxygens (including phenoxy) is 1. The summed E-state index contributed by atoms with van der Waals surface area (Å²) in [6.07, 6.45) is 5.60. The first-order chi connectivity index (χ1) is 11.1. The Hall–Kier alpha value is -2.31. The summed E-state index contributed by atoms with van der Waals surface area (Å²) in [6.45, 7) is -0.113. The van der Waals surface area contributed by atoms with Crippen molar-refractivity contribution in [2.45, 2.75) is 38.1 Å². The van der Waals surface area contributed by atoms with Crippen LogP contribution in [0.25, 0.3) is 0 Å². The van der Waals surface area contributed by atoms with Gasteiger partial charge in [0.1, 0.15) is 12.4 Å². The van der Waals surface area contributed by atoms with Gasteiger partial charge >= 0.3 is 0 Å². The van der Waals surface area contributed by atoms with Crippen LogP contribution in [0, 0.1) is 0 Å². The molecule has 1 saturated carbocycles. The second-order valence-corrected chi connectivity index (χ2v) is 6.12. The van der Waals surface area contributed by atoms with E-state index in [1.165, 1.54) is 11.3 Å². The second kappa shape index (κ2) is 6.44. The first kappa shape index (κ1) is 15.6. The van der Waals surface area contributed by atoms with E-state index in [0.717, 1.165) is 25.7 Å². The van der Waals surface area contributed by atoms with Crippen molar-refractivity contribution in [1.29, 1.82) is 0 Å². The number of anilines is 2. The van der Waals surface area contributed by atoms with E-state index in [9.17, 15) is 9.59 Å². The summed E-state index contributed by atoms with van der Waals surface area (Å²) < 4.78 is 5.35. The fraction of sp³-hybridized carbons (Fsp3) is 0.562. The number of pyridine rings is 1. The molecule has 7 nitrogen and oxygen atoms in total. The summed E-state index contributed by atoms with van der Waals surface area (Å²) in [7, 11) is 1.82. The van der Waals surface area contributed by atoms with Gasteiger partial charge in [-0.15, -0.1) is 0 Å². The lowest BCUT2D eigenvalue weighted by molar-refractivity contribution is -0.133. The average Bonchev–Trinajstić information content (AvgIpc) is 2.57. The molecule has 1 aromatic heterocycles. The number of fused-ring (bicyclic) bond motifs is 1. The zero-order valence-corrected chi connectivity index (χ0v) is 13.3. The van der Waals surface area contributed by atoms with E-state index in [2.05, 4.69) is 4.98 Å². The molecular formula is C16H22N4O3. The Kier molecular flexibility index (Phi) is 4.36. The van der Waals surface area contributed by atoms with E-state index in [-0.39, 0.29) is 31.0 Å². The molecule has 0 aromatic carbocycles. The Bertz CT molecular complexity index is 613. The summed E-state index contributed by atoms with van der Waals surface area (Å²) >= 11 is 0. The van der Waals surface area contributed by atoms with Gasteiger partial charge in [0.15, 0.2) is 18.2 Å². The molecular weight excluding hydrogens is 296 g/mol. The van der Waals surface area contributed by atoms with E-state index < -0.39 is 0 Å². The standard InChI is InChI=1S/C16H22N4O3/c1-19(11-5-3-2-4-6-11)14(21)9-20-15(22)10-23-12-7-8-13(17)18-16(12)20/h7-8,11H,2-6,9-10H2,1H3,(H2,17,18). The van der Waals surface area contributed by atoms with Crippen LogP contribution in [0.1, 0.15) is 32.1 Å². The molecule has 0 atom stereocenters. The van der Waals surface area contributed by atoms with E-state index in [1.807, 2.05) is 7.05 Å². The molecule has 2 amide bonds. The maximum Gasteiger partial charge on any atom is 0.266 e. The number of hydrogen-bond donors (Lipinski definition) is 1. The van der Waals surface area contributed by atoms with Gasteiger partial charge in [0.25, 0.3) is 5.91 Å². The van der Waals surface area contributed by atoms with E-state index >= 15 is 0 Å². The van der Waals surface area contributed by atoms with Gasteiger partial charge in [-0.2, -0.15) is 0 Å². The molecule has 0 saturated heterocycles. The zero-order valence-electron chi connectivity index (χ0n) is 13.3. The number of nitrogens with zero attached hydrogens (tertiary/aromatic N) is 3. The lowest BCUT2D eigenvalue weighted by atomic mass is 9.94. The number of likely N-dealkylation sites (N-methyl/N-ethyl adjacent to an activating group) is 1. The number of amides is 2. The van der Waals surface area contributed by atoms with E-state index in [1.54, 1.807) is 17.0 Å². The Labute approximate surface area is 135 Å². The molecule has 1 aliphatic heterocycles. The molecule has 3 rings (SSSR count). The molecule has 124 valence electrons. The minimum Gasteiger partial charge on any atom is -0.480 e. The smallest absolute Gasteiger partial charge is 0.266 e. The van der Waals surface area contributed by atoms with Crippen molar-refractivity contribution in [3.05, 3.63) is 12.1 Å². The number of carbonyl (C=O) groups is 2. The minimum atomic E-state index is -0.277. The van der Waals surface area contributed by atoms with Gasteiger partial charge in [-0.25, -0.2) is 4.98 Å². The second-order valence-electron chi connectivity index (χ2n) is 6.12. The average molecular weight is 318 g/mol. The number of hydrogen-bond acceptors (Lipinski definition) is 5. The summed E-state index contributed by atoms with van der Waals surface area (Å²) in [5.74, 6) is 0.738.